The lowest BCUT2D eigenvalue weighted by atomic mass is 9.82. The smallest absolute Gasteiger partial charge is 0.479 e. The second-order valence-corrected chi connectivity index (χ2v) is 1.97. The third kappa shape index (κ3) is 1.36. The van der Waals surface area contributed by atoms with Crippen molar-refractivity contribution in [3.63, 3.8) is 0 Å². The molecule has 0 saturated heterocycles. The second kappa shape index (κ2) is 3.46. The lowest BCUT2D eigenvalue weighted by Crippen LogP contribution is -2.31. The Morgan fingerprint density at radius 1 is 1.33 bits per heavy atom. The summed E-state index contributed by atoms with van der Waals surface area (Å²) in [6.45, 7) is 0. The molecule has 1 aromatic rings. The van der Waals surface area contributed by atoms with E-state index in [-0.39, 0.29) is 17.3 Å². The molecular weight excluding hydrogens is 165 g/mol. The minimum Gasteiger partial charge on any atom is -0.479 e. The summed E-state index contributed by atoms with van der Waals surface area (Å²) in [5.41, 5.74) is -0.0139. The van der Waals surface area contributed by atoms with Crippen molar-refractivity contribution in [2.24, 2.45) is 0 Å². The van der Waals surface area contributed by atoms with E-state index in [4.69, 9.17) is 10.0 Å². The Balaban J connectivity index is 3.07. The van der Waals surface area contributed by atoms with E-state index >= 15 is 0 Å². The summed E-state index contributed by atoms with van der Waals surface area (Å²) in [4.78, 5) is 0. The first kappa shape index (κ1) is 8.89. The maximum atomic E-state index is 8.83. The van der Waals surface area contributed by atoms with Crippen LogP contribution < -0.4 is 14.9 Å². The quantitative estimate of drug-likeness (QED) is 0.533. The van der Waals surface area contributed by atoms with Gasteiger partial charge in [0.1, 0.15) is 5.46 Å². The number of hydrogen-bond donors (Lipinski definition) is 2. The molecule has 0 radical (unpaired) electrons. The molecule has 0 aromatic carbocycles. The maximum Gasteiger partial charge on any atom is 0.501 e. The van der Waals surface area contributed by atoms with E-state index in [0.717, 1.165) is 0 Å². The second-order valence-electron chi connectivity index (χ2n) is 1.97. The fourth-order valence-corrected chi connectivity index (χ4v) is 0.779. The molecule has 7 heteroatoms. The number of rotatable bonds is 3. The van der Waals surface area contributed by atoms with Crippen molar-refractivity contribution < 1.29 is 24.0 Å². The van der Waals surface area contributed by atoms with Crippen LogP contribution in [0, 0.1) is 0 Å². The summed E-state index contributed by atoms with van der Waals surface area (Å²) in [5, 5.41) is 21.0. The Kier molecular flexibility index (Phi) is 2.56. The fourth-order valence-electron chi connectivity index (χ4n) is 0.779. The number of aromatic nitrogens is 1. The van der Waals surface area contributed by atoms with E-state index in [2.05, 4.69) is 19.2 Å². The molecule has 0 bridgehead atoms. The molecule has 0 spiro atoms. The van der Waals surface area contributed by atoms with Crippen LogP contribution >= 0.6 is 0 Å². The van der Waals surface area contributed by atoms with Gasteiger partial charge in [-0.15, -0.1) is 0 Å². The first-order chi connectivity index (χ1) is 5.70. The van der Waals surface area contributed by atoms with Gasteiger partial charge in [0.15, 0.2) is 0 Å². The van der Waals surface area contributed by atoms with Crippen molar-refractivity contribution in [2.45, 2.75) is 0 Å². The van der Waals surface area contributed by atoms with Crippen LogP contribution in [0.5, 0.6) is 11.8 Å². The van der Waals surface area contributed by atoms with Crippen LogP contribution in [0.4, 0.5) is 0 Å². The summed E-state index contributed by atoms with van der Waals surface area (Å²) in [6.07, 6.45) is 0. The van der Waals surface area contributed by atoms with Crippen LogP contribution in [0.3, 0.4) is 0 Å². The fraction of sp³-hybridized carbons (Fsp3) is 0.400. The average molecular weight is 173 g/mol. The van der Waals surface area contributed by atoms with Gasteiger partial charge in [-0.3, -0.25) is 0 Å². The van der Waals surface area contributed by atoms with Gasteiger partial charge >= 0.3 is 13.1 Å². The highest BCUT2D eigenvalue weighted by atomic mass is 16.6. The molecule has 0 unspecified atom stereocenters. The van der Waals surface area contributed by atoms with E-state index in [9.17, 15) is 0 Å². The maximum absolute atomic E-state index is 8.83. The number of nitrogens with zero attached hydrogens (tertiary/aromatic N) is 1. The molecule has 0 aliphatic carbocycles. The minimum atomic E-state index is -1.72. The van der Waals surface area contributed by atoms with E-state index in [0.29, 0.717) is 0 Å². The zero-order valence-electron chi connectivity index (χ0n) is 6.64. The number of methoxy groups -OCH3 is 2. The van der Waals surface area contributed by atoms with Crippen LogP contribution in [-0.4, -0.2) is 36.5 Å². The topological polar surface area (TPSA) is 85.0 Å². The molecule has 0 fully saturated rings. The summed E-state index contributed by atoms with van der Waals surface area (Å²) in [5.74, 6) is -0.0660. The molecule has 1 aromatic heterocycles. The van der Waals surface area contributed by atoms with Gasteiger partial charge in [-0.25, -0.2) is 0 Å². The van der Waals surface area contributed by atoms with Gasteiger partial charge in [0.05, 0.1) is 14.2 Å². The molecule has 0 aliphatic heterocycles. The van der Waals surface area contributed by atoms with Gasteiger partial charge in [-0.2, -0.15) is 0 Å². The summed E-state index contributed by atoms with van der Waals surface area (Å²) in [6, 6.07) is 0. The molecule has 0 aliphatic rings. The average Bonchev–Trinajstić information content (AvgIpc) is 2.46. The molecule has 6 nitrogen and oxygen atoms in total. The molecule has 0 saturated carbocycles. The van der Waals surface area contributed by atoms with Crippen molar-refractivity contribution >= 4 is 12.6 Å². The third-order valence-electron chi connectivity index (χ3n) is 1.30. The first-order valence-electron chi connectivity index (χ1n) is 3.14. The van der Waals surface area contributed by atoms with Crippen molar-refractivity contribution in [1.82, 2.24) is 5.16 Å². The van der Waals surface area contributed by atoms with Gasteiger partial charge in [0.25, 0.3) is 5.88 Å². The van der Waals surface area contributed by atoms with Gasteiger partial charge in [-0.1, -0.05) is 0 Å². The SMILES string of the molecule is COc1noc(OC)c1B(O)O. The van der Waals surface area contributed by atoms with Crippen LogP contribution in [0.15, 0.2) is 4.52 Å². The van der Waals surface area contributed by atoms with E-state index in [1.165, 1.54) is 14.2 Å². The molecule has 2 N–H and O–H groups in total. The highest BCUT2D eigenvalue weighted by molar-refractivity contribution is 6.60. The largest absolute Gasteiger partial charge is 0.501 e. The minimum absolute atomic E-state index is 0.00171. The predicted octanol–water partition coefficient (Wildman–Crippen LogP) is -1.63. The molecule has 0 amide bonds. The predicted molar refractivity (Wildman–Crippen MR) is 39.4 cm³/mol. The highest BCUT2D eigenvalue weighted by Crippen LogP contribution is 2.14. The molecule has 1 heterocycles. The van der Waals surface area contributed by atoms with Crippen LogP contribution in [0.2, 0.25) is 0 Å². The Morgan fingerprint density at radius 3 is 2.42 bits per heavy atom. The van der Waals surface area contributed by atoms with Crippen molar-refractivity contribution in [3.05, 3.63) is 0 Å². The number of hydrogen-bond acceptors (Lipinski definition) is 6. The molecule has 1 rings (SSSR count). The lowest BCUT2D eigenvalue weighted by molar-refractivity contribution is 0.252. The van der Waals surface area contributed by atoms with Crippen LogP contribution in [-0.2, 0) is 0 Å². The summed E-state index contributed by atoms with van der Waals surface area (Å²) >= 11 is 0. The van der Waals surface area contributed by atoms with Crippen LogP contribution in [0.1, 0.15) is 0 Å². The van der Waals surface area contributed by atoms with Crippen molar-refractivity contribution in [3.8, 4) is 11.8 Å². The highest BCUT2D eigenvalue weighted by Gasteiger charge is 2.28. The monoisotopic (exact) mass is 173 g/mol. The Bertz CT molecular complexity index is 239. The zero-order chi connectivity index (χ0) is 9.14. The van der Waals surface area contributed by atoms with E-state index in [1.807, 2.05) is 0 Å². The molecular formula is C5H8BNO5. The van der Waals surface area contributed by atoms with Crippen molar-refractivity contribution in [1.29, 1.82) is 0 Å². The molecule has 0 atom stereocenters. The van der Waals surface area contributed by atoms with Crippen molar-refractivity contribution in [2.75, 3.05) is 14.2 Å². The van der Waals surface area contributed by atoms with Gasteiger partial charge in [0, 0.05) is 0 Å². The van der Waals surface area contributed by atoms with E-state index < -0.39 is 7.12 Å². The molecule has 66 valence electrons. The summed E-state index contributed by atoms with van der Waals surface area (Å²) in [7, 11) is 0.941. The third-order valence-corrected chi connectivity index (χ3v) is 1.30. The standard InChI is InChI=1S/C5H8BNO5/c1-10-4-3(6(8)9)5(11-2)12-7-4/h8-9H,1-2H3. The normalized spacial score (nSPS) is 9.67. The Morgan fingerprint density at radius 2 is 2.00 bits per heavy atom. The van der Waals surface area contributed by atoms with Gasteiger partial charge < -0.3 is 24.0 Å². The summed E-state index contributed by atoms with van der Waals surface area (Å²) < 4.78 is 13.9. The molecule has 12 heavy (non-hydrogen) atoms. The van der Waals surface area contributed by atoms with E-state index in [1.54, 1.807) is 0 Å². The first-order valence-corrected chi connectivity index (χ1v) is 3.14. The van der Waals surface area contributed by atoms with Gasteiger partial charge in [-0.05, 0) is 5.16 Å². The Labute approximate surface area is 68.8 Å². The Hall–Kier alpha value is -1.21. The lowest BCUT2D eigenvalue weighted by Gasteiger charge is -1.98. The zero-order valence-corrected chi connectivity index (χ0v) is 6.64. The number of ether oxygens (including phenoxy) is 2. The van der Waals surface area contributed by atoms with Gasteiger partial charge in [0.2, 0.25) is 0 Å². The van der Waals surface area contributed by atoms with Crippen LogP contribution in [0.25, 0.3) is 0 Å².